The summed E-state index contributed by atoms with van der Waals surface area (Å²) >= 11 is 3.35. The van der Waals surface area contributed by atoms with Crippen LogP contribution in [0.3, 0.4) is 0 Å². The van der Waals surface area contributed by atoms with Gasteiger partial charge in [-0.15, -0.1) is 0 Å². The highest BCUT2D eigenvalue weighted by Gasteiger charge is 2.14. The summed E-state index contributed by atoms with van der Waals surface area (Å²) in [6.07, 6.45) is -0.597. The minimum Gasteiger partial charge on any atom is -0.387 e. The van der Waals surface area contributed by atoms with E-state index in [9.17, 15) is 5.11 Å². The molecule has 2 nitrogen and oxygen atoms in total. The second-order valence-corrected chi connectivity index (χ2v) is 3.68. The van der Waals surface area contributed by atoms with Gasteiger partial charge in [-0.25, -0.2) is 0 Å². The molecule has 0 aliphatic heterocycles. The van der Waals surface area contributed by atoms with E-state index in [2.05, 4.69) is 15.9 Å². The fourth-order valence-electron chi connectivity index (χ4n) is 0.998. The highest BCUT2D eigenvalue weighted by Crippen LogP contribution is 2.24. The predicted octanol–water partition coefficient (Wildman–Crippen LogP) is 1.83. The Balaban J connectivity index is 2.94. The predicted molar refractivity (Wildman–Crippen MR) is 52.8 cm³/mol. The van der Waals surface area contributed by atoms with Gasteiger partial charge < -0.3 is 10.8 Å². The Morgan fingerprint density at radius 2 is 2.00 bits per heavy atom. The zero-order valence-electron chi connectivity index (χ0n) is 6.87. The summed E-state index contributed by atoms with van der Waals surface area (Å²) in [5, 5.41) is 9.62. The van der Waals surface area contributed by atoms with Crippen molar-refractivity contribution in [1.29, 1.82) is 0 Å². The van der Waals surface area contributed by atoms with Crippen molar-refractivity contribution in [2.24, 2.45) is 5.73 Å². The summed E-state index contributed by atoms with van der Waals surface area (Å²) in [7, 11) is 0. The average Bonchev–Trinajstić information content (AvgIpc) is 2.04. The lowest BCUT2D eigenvalue weighted by Gasteiger charge is -2.15. The molecule has 1 aromatic rings. The maximum Gasteiger partial charge on any atom is 0.0949 e. The first-order valence-corrected chi connectivity index (χ1v) is 4.60. The maximum atomic E-state index is 9.62. The third kappa shape index (κ3) is 2.06. The van der Waals surface area contributed by atoms with Crippen molar-refractivity contribution < 1.29 is 5.11 Å². The Morgan fingerprint density at radius 3 is 2.50 bits per heavy atom. The standard InChI is InChI=1S/C9H12BrNO/c1-6(11)9(12)7-4-2-3-5-8(7)10/h2-6,9,12H,11H2,1H3. The topological polar surface area (TPSA) is 46.2 Å². The van der Waals surface area contributed by atoms with Gasteiger partial charge in [0.25, 0.3) is 0 Å². The third-order valence-corrected chi connectivity index (χ3v) is 2.44. The fourth-order valence-corrected chi connectivity index (χ4v) is 1.52. The molecule has 0 spiro atoms. The number of nitrogens with two attached hydrogens (primary N) is 1. The highest BCUT2D eigenvalue weighted by molar-refractivity contribution is 9.10. The van der Waals surface area contributed by atoms with Gasteiger partial charge in [0.05, 0.1) is 6.10 Å². The van der Waals surface area contributed by atoms with Gasteiger partial charge in [0.1, 0.15) is 0 Å². The van der Waals surface area contributed by atoms with Gasteiger partial charge in [-0.05, 0) is 18.6 Å². The van der Waals surface area contributed by atoms with Gasteiger partial charge in [0.15, 0.2) is 0 Å². The van der Waals surface area contributed by atoms with Gasteiger partial charge in [-0.1, -0.05) is 34.1 Å². The van der Waals surface area contributed by atoms with E-state index in [1.165, 1.54) is 0 Å². The van der Waals surface area contributed by atoms with Gasteiger partial charge >= 0.3 is 0 Å². The molecule has 0 bridgehead atoms. The van der Waals surface area contributed by atoms with Crippen molar-refractivity contribution in [3.05, 3.63) is 34.3 Å². The van der Waals surface area contributed by atoms with E-state index in [0.717, 1.165) is 10.0 Å². The third-order valence-electron chi connectivity index (χ3n) is 1.72. The van der Waals surface area contributed by atoms with Crippen LogP contribution in [0, 0.1) is 0 Å². The number of rotatable bonds is 2. The smallest absolute Gasteiger partial charge is 0.0949 e. The zero-order valence-corrected chi connectivity index (χ0v) is 8.45. The maximum absolute atomic E-state index is 9.62. The Morgan fingerprint density at radius 1 is 1.42 bits per heavy atom. The molecule has 0 aliphatic rings. The van der Waals surface area contributed by atoms with Gasteiger partial charge in [0.2, 0.25) is 0 Å². The summed E-state index contributed by atoms with van der Waals surface area (Å²) in [6.45, 7) is 1.78. The lowest BCUT2D eigenvalue weighted by Crippen LogP contribution is -2.24. The molecule has 0 saturated carbocycles. The SMILES string of the molecule is CC(N)C(O)c1ccccc1Br. The van der Waals surface area contributed by atoms with Crippen LogP contribution in [0.2, 0.25) is 0 Å². The van der Waals surface area contributed by atoms with Gasteiger partial charge in [-0.3, -0.25) is 0 Å². The molecule has 66 valence electrons. The average molecular weight is 230 g/mol. The quantitative estimate of drug-likeness (QED) is 0.814. The largest absolute Gasteiger partial charge is 0.387 e. The molecular formula is C9H12BrNO. The van der Waals surface area contributed by atoms with Crippen molar-refractivity contribution >= 4 is 15.9 Å². The molecule has 2 unspecified atom stereocenters. The highest BCUT2D eigenvalue weighted by atomic mass is 79.9. The van der Waals surface area contributed by atoms with E-state index in [-0.39, 0.29) is 6.04 Å². The first kappa shape index (κ1) is 9.71. The molecule has 3 heteroatoms. The lowest BCUT2D eigenvalue weighted by molar-refractivity contribution is 0.152. The molecule has 2 atom stereocenters. The molecule has 0 aliphatic carbocycles. The molecule has 0 fully saturated rings. The van der Waals surface area contributed by atoms with Crippen LogP contribution in [-0.2, 0) is 0 Å². The first-order valence-electron chi connectivity index (χ1n) is 3.81. The molecule has 12 heavy (non-hydrogen) atoms. The van der Waals surface area contributed by atoms with E-state index >= 15 is 0 Å². The number of halogens is 1. The summed E-state index contributed by atoms with van der Waals surface area (Å²) < 4.78 is 0.898. The summed E-state index contributed by atoms with van der Waals surface area (Å²) in [4.78, 5) is 0. The van der Waals surface area contributed by atoms with Crippen LogP contribution < -0.4 is 5.73 Å². The van der Waals surface area contributed by atoms with Crippen LogP contribution in [0.25, 0.3) is 0 Å². The molecular weight excluding hydrogens is 218 g/mol. The molecule has 0 heterocycles. The van der Waals surface area contributed by atoms with Crippen molar-refractivity contribution in [1.82, 2.24) is 0 Å². The van der Waals surface area contributed by atoms with E-state index in [1.54, 1.807) is 6.92 Å². The van der Waals surface area contributed by atoms with E-state index in [0.29, 0.717) is 0 Å². The number of hydrogen-bond donors (Lipinski definition) is 2. The van der Waals surface area contributed by atoms with Gasteiger partial charge in [0, 0.05) is 10.5 Å². The van der Waals surface area contributed by atoms with Crippen molar-refractivity contribution in [3.8, 4) is 0 Å². The van der Waals surface area contributed by atoms with E-state index in [1.807, 2.05) is 24.3 Å². The van der Waals surface area contributed by atoms with Crippen LogP contribution in [0.1, 0.15) is 18.6 Å². The van der Waals surface area contributed by atoms with Crippen LogP contribution in [0.5, 0.6) is 0 Å². The second-order valence-electron chi connectivity index (χ2n) is 2.83. The molecule has 1 rings (SSSR count). The number of hydrogen-bond acceptors (Lipinski definition) is 2. The first-order chi connectivity index (χ1) is 5.63. The van der Waals surface area contributed by atoms with Crippen molar-refractivity contribution in [2.75, 3.05) is 0 Å². The van der Waals surface area contributed by atoms with E-state index < -0.39 is 6.10 Å². The van der Waals surface area contributed by atoms with Crippen molar-refractivity contribution in [3.63, 3.8) is 0 Å². The Hall–Kier alpha value is -0.380. The monoisotopic (exact) mass is 229 g/mol. The summed E-state index contributed by atoms with van der Waals surface area (Å²) in [6, 6.07) is 7.29. The summed E-state index contributed by atoms with van der Waals surface area (Å²) in [5.74, 6) is 0. The van der Waals surface area contributed by atoms with E-state index in [4.69, 9.17) is 5.73 Å². The van der Waals surface area contributed by atoms with Crippen molar-refractivity contribution in [2.45, 2.75) is 19.1 Å². The molecule has 0 aromatic heterocycles. The van der Waals surface area contributed by atoms with Crippen LogP contribution >= 0.6 is 15.9 Å². The number of benzene rings is 1. The van der Waals surface area contributed by atoms with Crippen LogP contribution in [0.15, 0.2) is 28.7 Å². The molecule has 1 aromatic carbocycles. The summed E-state index contributed by atoms with van der Waals surface area (Å²) in [5.41, 5.74) is 6.41. The molecule has 0 saturated heterocycles. The Labute approximate surface area is 80.5 Å². The van der Waals surface area contributed by atoms with Gasteiger partial charge in [-0.2, -0.15) is 0 Å². The molecule has 0 amide bonds. The fraction of sp³-hybridized carbons (Fsp3) is 0.333. The molecule has 0 radical (unpaired) electrons. The Kier molecular flexibility index (Phi) is 3.26. The number of aliphatic hydroxyl groups is 1. The normalized spacial score (nSPS) is 15.7. The Bertz CT molecular complexity index is 262. The zero-order chi connectivity index (χ0) is 9.14. The minimum absolute atomic E-state index is 0.247. The minimum atomic E-state index is -0.597. The number of aliphatic hydroxyl groups excluding tert-OH is 1. The van der Waals surface area contributed by atoms with Crippen LogP contribution in [0.4, 0.5) is 0 Å². The molecule has 3 N–H and O–H groups in total. The second kappa shape index (κ2) is 4.03. The van der Waals surface area contributed by atoms with Crippen LogP contribution in [-0.4, -0.2) is 11.1 Å². The lowest BCUT2D eigenvalue weighted by atomic mass is 10.0.